The van der Waals surface area contributed by atoms with E-state index in [1.807, 2.05) is 68.4 Å². The third-order valence-electron chi connectivity index (χ3n) is 3.99. The van der Waals surface area contributed by atoms with Crippen molar-refractivity contribution >= 4 is 11.6 Å². The fourth-order valence-electron chi connectivity index (χ4n) is 2.62. The van der Waals surface area contributed by atoms with Gasteiger partial charge in [-0.2, -0.15) is 9.97 Å². The van der Waals surface area contributed by atoms with Crippen molar-refractivity contribution in [3.63, 3.8) is 0 Å². The smallest absolute Gasteiger partial charge is 0.322 e. The molecular weight excluding hydrogens is 342 g/mol. The number of nitrogens with one attached hydrogen (secondary N) is 1. The fraction of sp³-hybridized carbons (Fsp3) is 0.190. The van der Waals surface area contributed by atoms with E-state index >= 15 is 0 Å². The summed E-state index contributed by atoms with van der Waals surface area (Å²) in [5.74, 6) is 1.28. The summed E-state index contributed by atoms with van der Waals surface area (Å²) in [5, 5.41) is 2.90. The number of para-hydroxylation sites is 1. The number of aryl methyl sites for hydroxylation is 2. The molecular formula is C21H21N3O3. The minimum Gasteiger partial charge on any atom is -0.497 e. The molecule has 27 heavy (non-hydrogen) atoms. The van der Waals surface area contributed by atoms with E-state index in [-0.39, 0.29) is 18.3 Å². The first kappa shape index (κ1) is 18.4. The largest absolute Gasteiger partial charge is 0.497 e. The van der Waals surface area contributed by atoms with Gasteiger partial charge in [-0.3, -0.25) is 4.79 Å². The van der Waals surface area contributed by atoms with Gasteiger partial charge in [-0.25, -0.2) is 0 Å². The summed E-state index contributed by atoms with van der Waals surface area (Å²) in [4.78, 5) is 21.1. The topological polar surface area (TPSA) is 73.3 Å². The molecule has 1 heterocycles. The average molecular weight is 363 g/mol. The Balaban J connectivity index is 1.69. The van der Waals surface area contributed by atoms with Crippen LogP contribution in [0.2, 0.25) is 0 Å². The van der Waals surface area contributed by atoms with Crippen LogP contribution in [-0.4, -0.2) is 23.0 Å². The Labute approximate surface area is 158 Å². The number of anilines is 1. The average Bonchev–Trinajstić information content (AvgIpc) is 2.66. The van der Waals surface area contributed by atoms with Crippen molar-refractivity contribution in [1.82, 2.24) is 9.97 Å². The van der Waals surface area contributed by atoms with Crippen molar-refractivity contribution in [2.24, 2.45) is 0 Å². The van der Waals surface area contributed by atoms with Gasteiger partial charge < -0.3 is 14.8 Å². The van der Waals surface area contributed by atoms with Crippen molar-refractivity contribution in [3.05, 3.63) is 71.5 Å². The first-order chi connectivity index (χ1) is 13.0. The third-order valence-corrected chi connectivity index (χ3v) is 3.99. The minimum atomic E-state index is -0.133. The first-order valence-electron chi connectivity index (χ1n) is 8.56. The van der Waals surface area contributed by atoms with Crippen LogP contribution in [0, 0.1) is 13.8 Å². The van der Waals surface area contributed by atoms with E-state index in [1.165, 1.54) is 0 Å². The van der Waals surface area contributed by atoms with Crippen molar-refractivity contribution in [1.29, 1.82) is 0 Å². The lowest BCUT2D eigenvalue weighted by Gasteiger charge is -2.12. The van der Waals surface area contributed by atoms with E-state index < -0.39 is 0 Å². The highest BCUT2D eigenvalue weighted by atomic mass is 16.5. The summed E-state index contributed by atoms with van der Waals surface area (Å²) in [6, 6.07) is 17.0. The van der Waals surface area contributed by atoms with Gasteiger partial charge in [0, 0.05) is 0 Å². The number of ether oxygens (including phenoxy) is 2. The molecule has 0 aliphatic carbocycles. The second-order valence-electron chi connectivity index (χ2n) is 6.04. The molecule has 0 unspecified atom stereocenters. The van der Waals surface area contributed by atoms with Crippen molar-refractivity contribution in [2.75, 3.05) is 12.4 Å². The molecule has 6 nitrogen and oxygen atoms in total. The van der Waals surface area contributed by atoms with Crippen LogP contribution in [0.15, 0.2) is 54.6 Å². The minimum absolute atomic E-state index is 0.133. The standard InChI is InChI=1S/C21H21N3O3/c1-14-20(24-19(25)13-16-9-11-17(26-3)12-10-16)15(2)23-21(22-14)27-18-7-5-4-6-8-18/h4-12H,13H2,1-3H3,(H,24,25). The molecule has 0 radical (unpaired) electrons. The summed E-state index contributed by atoms with van der Waals surface area (Å²) in [6.07, 6.45) is 0.255. The number of carbonyl (C=O) groups excluding carboxylic acids is 1. The molecule has 0 fully saturated rings. The highest BCUT2D eigenvalue weighted by Gasteiger charge is 2.13. The van der Waals surface area contributed by atoms with Crippen LogP contribution in [0.25, 0.3) is 0 Å². The summed E-state index contributed by atoms with van der Waals surface area (Å²) in [5.41, 5.74) is 2.80. The zero-order valence-corrected chi connectivity index (χ0v) is 15.5. The number of aromatic nitrogens is 2. The fourth-order valence-corrected chi connectivity index (χ4v) is 2.62. The zero-order valence-electron chi connectivity index (χ0n) is 15.5. The van der Waals surface area contributed by atoms with E-state index in [9.17, 15) is 4.79 Å². The predicted molar refractivity (Wildman–Crippen MR) is 103 cm³/mol. The number of benzene rings is 2. The van der Waals surface area contributed by atoms with Gasteiger partial charge in [0.2, 0.25) is 5.91 Å². The molecule has 0 aliphatic heterocycles. The number of nitrogens with zero attached hydrogens (tertiary/aromatic N) is 2. The molecule has 6 heteroatoms. The Kier molecular flexibility index (Phi) is 5.66. The van der Waals surface area contributed by atoms with Crippen LogP contribution < -0.4 is 14.8 Å². The van der Waals surface area contributed by atoms with Gasteiger partial charge in [-0.1, -0.05) is 30.3 Å². The molecule has 0 saturated carbocycles. The Bertz CT molecular complexity index is 902. The number of hydrogen-bond acceptors (Lipinski definition) is 5. The number of rotatable bonds is 6. The molecule has 1 aromatic heterocycles. The maximum absolute atomic E-state index is 12.4. The Morgan fingerprint density at radius 1 is 0.926 bits per heavy atom. The van der Waals surface area contributed by atoms with E-state index in [0.717, 1.165) is 11.3 Å². The second-order valence-corrected chi connectivity index (χ2v) is 6.04. The molecule has 0 atom stereocenters. The molecule has 3 rings (SSSR count). The van der Waals surface area contributed by atoms with Crippen LogP contribution in [0.4, 0.5) is 5.69 Å². The predicted octanol–water partition coefficient (Wildman–Crippen LogP) is 4.08. The molecule has 2 aromatic carbocycles. The van der Waals surface area contributed by atoms with Crippen LogP contribution >= 0.6 is 0 Å². The first-order valence-corrected chi connectivity index (χ1v) is 8.56. The monoisotopic (exact) mass is 363 g/mol. The molecule has 0 aliphatic rings. The molecule has 0 bridgehead atoms. The number of methoxy groups -OCH3 is 1. The van der Waals surface area contributed by atoms with Gasteiger partial charge in [-0.15, -0.1) is 0 Å². The lowest BCUT2D eigenvalue weighted by Crippen LogP contribution is -2.17. The van der Waals surface area contributed by atoms with Gasteiger partial charge in [0.05, 0.1) is 30.6 Å². The van der Waals surface area contributed by atoms with Gasteiger partial charge in [-0.05, 0) is 43.7 Å². The van der Waals surface area contributed by atoms with Gasteiger partial charge in [0.1, 0.15) is 11.5 Å². The normalized spacial score (nSPS) is 10.3. The molecule has 1 amide bonds. The van der Waals surface area contributed by atoms with Crippen molar-refractivity contribution in [3.8, 4) is 17.5 Å². The van der Waals surface area contributed by atoms with E-state index in [1.54, 1.807) is 7.11 Å². The lowest BCUT2D eigenvalue weighted by molar-refractivity contribution is -0.115. The third kappa shape index (κ3) is 4.82. The molecule has 1 N–H and O–H groups in total. The molecule has 138 valence electrons. The van der Waals surface area contributed by atoms with Crippen LogP contribution in [0.5, 0.6) is 17.5 Å². The van der Waals surface area contributed by atoms with Gasteiger partial charge >= 0.3 is 6.01 Å². The van der Waals surface area contributed by atoms with Crippen LogP contribution in [0.3, 0.4) is 0 Å². The summed E-state index contributed by atoms with van der Waals surface area (Å²) >= 11 is 0. The van der Waals surface area contributed by atoms with Crippen LogP contribution in [0.1, 0.15) is 17.0 Å². The lowest BCUT2D eigenvalue weighted by atomic mass is 10.1. The van der Waals surface area contributed by atoms with Crippen molar-refractivity contribution < 1.29 is 14.3 Å². The second kappa shape index (κ2) is 8.31. The zero-order chi connectivity index (χ0) is 19.2. The Morgan fingerprint density at radius 2 is 1.56 bits per heavy atom. The highest BCUT2D eigenvalue weighted by Crippen LogP contribution is 2.23. The summed E-state index contributed by atoms with van der Waals surface area (Å²) in [7, 11) is 1.61. The van der Waals surface area contributed by atoms with Gasteiger partial charge in [0.15, 0.2) is 0 Å². The van der Waals surface area contributed by atoms with Crippen LogP contribution in [-0.2, 0) is 11.2 Å². The summed E-state index contributed by atoms with van der Waals surface area (Å²) < 4.78 is 10.8. The molecule has 3 aromatic rings. The SMILES string of the molecule is COc1ccc(CC(=O)Nc2c(C)nc(Oc3ccccc3)nc2C)cc1. The quantitative estimate of drug-likeness (QED) is 0.714. The van der Waals surface area contributed by atoms with E-state index in [0.29, 0.717) is 22.8 Å². The summed E-state index contributed by atoms with van der Waals surface area (Å²) in [6.45, 7) is 3.63. The number of carbonyl (C=O) groups is 1. The maximum Gasteiger partial charge on any atom is 0.322 e. The van der Waals surface area contributed by atoms with Gasteiger partial charge in [0.25, 0.3) is 0 Å². The van der Waals surface area contributed by atoms with E-state index in [4.69, 9.17) is 9.47 Å². The highest BCUT2D eigenvalue weighted by molar-refractivity contribution is 5.93. The maximum atomic E-state index is 12.4. The molecule has 0 spiro atoms. The Hall–Kier alpha value is -3.41. The van der Waals surface area contributed by atoms with Crippen molar-refractivity contribution in [2.45, 2.75) is 20.3 Å². The Morgan fingerprint density at radius 3 is 2.15 bits per heavy atom. The number of hydrogen-bond donors (Lipinski definition) is 1. The number of amides is 1. The van der Waals surface area contributed by atoms with E-state index in [2.05, 4.69) is 15.3 Å². The molecule has 0 saturated heterocycles.